The average molecular weight is 163 g/mol. The summed E-state index contributed by atoms with van der Waals surface area (Å²) in [7, 11) is 0. The molecule has 1 aliphatic carbocycles. The minimum absolute atomic E-state index is 0.116. The molecule has 3 nitrogen and oxygen atoms in total. The van der Waals surface area contributed by atoms with Gasteiger partial charge in [-0.25, -0.2) is 0 Å². The molecule has 0 amide bonds. The number of nitrogens with zero attached hydrogens (tertiary/aromatic N) is 1. The average Bonchev–Trinajstić information content (AvgIpc) is 2.87. The minimum Gasteiger partial charge on any atom is -0.397 e. The molecule has 0 aliphatic heterocycles. The first-order valence-corrected chi connectivity index (χ1v) is 4.24. The summed E-state index contributed by atoms with van der Waals surface area (Å²) in [5, 5.41) is 0. The summed E-state index contributed by atoms with van der Waals surface area (Å²) in [6, 6.07) is 3.88. The van der Waals surface area contributed by atoms with Gasteiger partial charge in [-0.3, -0.25) is 4.98 Å². The molecular formula is C9H13N3. The molecule has 4 N–H and O–H groups in total. The lowest BCUT2D eigenvalue weighted by atomic mass is 10.1. The van der Waals surface area contributed by atoms with Crippen LogP contribution in [0.15, 0.2) is 18.3 Å². The second-order valence-corrected chi connectivity index (χ2v) is 3.38. The molecule has 1 aliphatic rings. The minimum atomic E-state index is 0.116. The first-order valence-electron chi connectivity index (χ1n) is 4.24. The molecule has 1 fully saturated rings. The van der Waals surface area contributed by atoms with E-state index in [0.717, 1.165) is 5.69 Å². The van der Waals surface area contributed by atoms with Crippen molar-refractivity contribution in [3.05, 3.63) is 24.0 Å². The van der Waals surface area contributed by atoms with Gasteiger partial charge in [0.25, 0.3) is 0 Å². The molecule has 0 bridgehead atoms. The van der Waals surface area contributed by atoms with E-state index in [4.69, 9.17) is 11.5 Å². The highest BCUT2D eigenvalue weighted by Gasteiger charge is 2.30. The van der Waals surface area contributed by atoms with E-state index in [9.17, 15) is 0 Å². The van der Waals surface area contributed by atoms with Crippen LogP contribution in [0.4, 0.5) is 5.69 Å². The standard InChI is InChI=1S/C9H13N3/c10-7-3-4-8(12-5-7)9(11)6-1-2-6/h3-6,9H,1-2,10-11H2/t9-/m1/s1. The molecule has 0 saturated heterocycles. The second kappa shape index (κ2) is 2.75. The molecule has 64 valence electrons. The molecule has 1 aromatic rings. The fourth-order valence-electron chi connectivity index (χ4n) is 1.31. The van der Waals surface area contributed by atoms with Gasteiger partial charge in [-0.05, 0) is 30.9 Å². The van der Waals surface area contributed by atoms with E-state index in [0.29, 0.717) is 11.6 Å². The summed E-state index contributed by atoms with van der Waals surface area (Å²) < 4.78 is 0. The Hall–Kier alpha value is -1.09. The third kappa shape index (κ3) is 1.41. The number of aromatic nitrogens is 1. The van der Waals surface area contributed by atoms with E-state index in [1.807, 2.05) is 12.1 Å². The molecular weight excluding hydrogens is 150 g/mol. The van der Waals surface area contributed by atoms with Crippen LogP contribution in [-0.4, -0.2) is 4.98 Å². The molecule has 1 atom stereocenters. The Balaban J connectivity index is 2.16. The summed E-state index contributed by atoms with van der Waals surface area (Å²) >= 11 is 0. The van der Waals surface area contributed by atoms with Gasteiger partial charge in [0.1, 0.15) is 0 Å². The van der Waals surface area contributed by atoms with Crippen LogP contribution in [0.3, 0.4) is 0 Å². The van der Waals surface area contributed by atoms with E-state index >= 15 is 0 Å². The summed E-state index contributed by atoms with van der Waals surface area (Å²) in [4.78, 5) is 4.19. The quantitative estimate of drug-likeness (QED) is 0.685. The molecule has 0 unspecified atom stereocenters. The van der Waals surface area contributed by atoms with E-state index in [-0.39, 0.29) is 6.04 Å². The van der Waals surface area contributed by atoms with Gasteiger partial charge >= 0.3 is 0 Å². The second-order valence-electron chi connectivity index (χ2n) is 3.38. The molecule has 3 heteroatoms. The Bertz CT molecular complexity index is 264. The Kier molecular flexibility index (Phi) is 1.73. The van der Waals surface area contributed by atoms with Gasteiger partial charge in [-0.1, -0.05) is 0 Å². The smallest absolute Gasteiger partial charge is 0.0575 e. The van der Waals surface area contributed by atoms with E-state index in [1.165, 1.54) is 12.8 Å². The van der Waals surface area contributed by atoms with Crippen LogP contribution in [-0.2, 0) is 0 Å². The van der Waals surface area contributed by atoms with Crippen LogP contribution in [0.2, 0.25) is 0 Å². The van der Waals surface area contributed by atoms with Crippen LogP contribution >= 0.6 is 0 Å². The summed E-state index contributed by atoms with van der Waals surface area (Å²) in [6.07, 6.45) is 4.15. The highest BCUT2D eigenvalue weighted by Crippen LogP contribution is 2.38. The third-order valence-electron chi connectivity index (χ3n) is 2.28. The molecule has 12 heavy (non-hydrogen) atoms. The van der Waals surface area contributed by atoms with Gasteiger partial charge in [0.2, 0.25) is 0 Å². The lowest BCUT2D eigenvalue weighted by Crippen LogP contribution is -2.13. The third-order valence-corrected chi connectivity index (χ3v) is 2.28. The van der Waals surface area contributed by atoms with E-state index in [2.05, 4.69) is 4.98 Å². The van der Waals surface area contributed by atoms with Crippen molar-refractivity contribution in [3.63, 3.8) is 0 Å². The molecule has 0 radical (unpaired) electrons. The van der Waals surface area contributed by atoms with E-state index < -0.39 is 0 Å². The Morgan fingerprint density at radius 1 is 1.42 bits per heavy atom. The largest absolute Gasteiger partial charge is 0.397 e. The Morgan fingerprint density at radius 3 is 2.67 bits per heavy atom. The van der Waals surface area contributed by atoms with E-state index in [1.54, 1.807) is 6.20 Å². The van der Waals surface area contributed by atoms with Crippen molar-refractivity contribution in [2.24, 2.45) is 11.7 Å². The maximum absolute atomic E-state index is 5.95. The number of hydrogen-bond acceptors (Lipinski definition) is 3. The van der Waals surface area contributed by atoms with Gasteiger partial charge in [0.05, 0.1) is 17.6 Å². The Labute approximate surface area is 71.8 Å². The topological polar surface area (TPSA) is 64.9 Å². The van der Waals surface area contributed by atoms with Crippen molar-refractivity contribution >= 4 is 5.69 Å². The van der Waals surface area contributed by atoms with Crippen molar-refractivity contribution < 1.29 is 0 Å². The van der Waals surface area contributed by atoms with Gasteiger partial charge in [-0.15, -0.1) is 0 Å². The fraction of sp³-hybridized carbons (Fsp3) is 0.444. The SMILES string of the molecule is Nc1ccc([C@H](N)C2CC2)nc1. The monoisotopic (exact) mass is 163 g/mol. The van der Waals surface area contributed by atoms with Gasteiger partial charge in [0.15, 0.2) is 0 Å². The van der Waals surface area contributed by atoms with Crippen LogP contribution in [0.25, 0.3) is 0 Å². The number of anilines is 1. The lowest BCUT2D eigenvalue weighted by molar-refractivity contribution is 0.615. The summed E-state index contributed by atoms with van der Waals surface area (Å²) in [5.74, 6) is 0.654. The molecule has 1 heterocycles. The maximum atomic E-state index is 5.95. The van der Waals surface area contributed by atoms with Crippen LogP contribution in [0, 0.1) is 5.92 Å². The van der Waals surface area contributed by atoms with Crippen molar-refractivity contribution in [3.8, 4) is 0 Å². The maximum Gasteiger partial charge on any atom is 0.0575 e. The van der Waals surface area contributed by atoms with Crippen LogP contribution in [0.1, 0.15) is 24.6 Å². The zero-order valence-electron chi connectivity index (χ0n) is 6.90. The summed E-state index contributed by atoms with van der Waals surface area (Å²) in [6.45, 7) is 0. The van der Waals surface area contributed by atoms with Gasteiger partial charge in [-0.2, -0.15) is 0 Å². The van der Waals surface area contributed by atoms with Gasteiger partial charge < -0.3 is 11.5 Å². The molecule has 1 saturated carbocycles. The Morgan fingerprint density at radius 2 is 2.17 bits per heavy atom. The van der Waals surface area contributed by atoms with Crippen LogP contribution in [0.5, 0.6) is 0 Å². The number of pyridine rings is 1. The fourth-order valence-corrected chi connectivity index (χ4v) is 1.31. The number of nitrogen functional groups attached to an aromatic ring is 1. The van der Waals surface area contributed by atoms with Crippen molar-refractivity contribution in [2.45, 2.75) is 18.9 Å². The molecule has 2 rings (SSSR count). The zero-order chi connectivity index (χ0) is 8.55. The van der Waals surface area contributed by atoms with Gasteiger partial charge in [0, 0.05) is 6.04 Å². The van der Waals surface area contributed by atoms with Crippen molar-refractivity contribution in [1.29, 1.82) is 0 Å². The predicted molar refractivity (Wildman–Crippen MR) is 48.3 cm³/mol. The first kappa shape index (κ1) is 7.55. The summed E-state index contributed by atoms with van der Waals surface area (Å²) in [5.41, 5.74) is 13.1. The highest BCUT2D eigenvalue weighted by molar-refractivity contribution is 5.35. The molecule has 1 aromatic heterocycles. The number of nitrogens with two attached hydrogens (primary N) is 2. The van der Waals surface area contributed by atoms with Crippen molar-refractivity contribution in [1.82, 2.24) is 4.98 Å². The highest BCUT2D eigenvalue weighted by atomic mass is 14.8. The van der Waals surface area contributed by atoms with Crippen molar-refractivity contribution in [2.75, 3.05) is 5.73 Å². The molecule has 0 aromatic carbocycles. The number of rotatable bonds is 2. The predicted octanol–water partition coefficient (Wildman–Crippen LogP) is 1.07. The normalized spacial score (nSPS) is 19.1. The lowest BCUT2D eigenvalue weighted by Gasteiger charge is -2.08. The zero-order valence-corrected chi connectivity index (χ0v) is 6.90. The van der Waals surface area contributed by atoms with Crippen LogP contribution < -0.4 is 11.5 Å². The number of hydrogen-bond donors (Lipinski definition) is 2. The first-order chi connectivity index (χ1) is 5.77. The molecule has 0 spiro atoms.